The molecule has 4 nitrogen and oxygen atoms in total. The minimum Gasteiger partial charge on any atom is -0.748 e. The van der Waals surface area contributed by atoms with Crippen LogP contribution >= 0.6 is 0 Å². The van der Waals surface area contributed by atoms with Crippen molar-refractivity contribution in [2.75, 3.05) is 6.61 Å². The molecule has 0 radical (unpaired) electrons. The van der Waals surface area contributed by atoms with Gasteiger partial charge in [-0.25, -0.2) is 8.42 Å². The predicted molar refractivity (Wildman–Crippen MR) is 95.5 cm³/mol. The maximum atomic E-state index is 11.2. The number of aliphatic hydroxyl groups is 1. The van der Waals surface area contributed by atoms with E-state index in [0.717, 1.165) is 44.9 Å². The number of hydrogen-bond donors (Lipinski definition) is 1. The molecule has 0 aliphatic rings. The first-order chi connectivity index (χ1) is 11.0. The van der Waals surface area contributed by atoms with E-state index < -0.39 is 15.4 Å². The van der Waals surface area contributed by atoms with Crippen molar-refractivity contribution in [3.05, 3.63) is 0 Å². The molecule has 1 atom stereocenters. The van der Waals surface area contributed by atoms with Crippen LogP contribution in [0.1, 0.15) is 103 Å². The van der Waals surface area contributed by atoms with E-state index in [-0.39, 0.29) is 51.4 Å². The number of aliphatic hydroxyl groups excluding tert-OH is 1. The Bertz CT molecular complexity index is 347. The Morgan fingerprint density at radius 1 is 0.750 bits per heavy atom. The quantitative estimate of drug-likeness (QED) is 0.234. The fraction of sp³-hybridized carbons (Fsp3) is 1.00. The smallest absolute Gasteiger partial charge is 0.748 e. The molecular weight excluding hydrogens is 351 g/mol. The Balaban J connectivity index is 0. The largest absolute Gasteiger partial charge is 1.00 e. The fourth-order valence-electron chi connectivity index (χ4n) is 2.94. The van der Waals surface area contributed by atoms with Gasteiger partial charge in [-0.1, -0.05) is 84.0 Å². The van der Waals surface area contributed by atoms with Gasteiger partial charge in [-0.15, -0.1) is 0 Å². The first-order valence-electron chi connectivity index (χ1n) is 9.58. The summed E-state index contributed by atoms with van der Waals surface area (Å²) < 4.78 is 33.6. The van der Waals surface area contributed by atoms with E-state index in [1.165, 1.54) is 38.5 Å². The van der Waals surface area contributed by atoms with Gasteiger partial charge in [0.1, 0.15) is 0 Å². The van der Waals surface area contributed by atoms with Crippen LogP contribution in [0.15, 0.2) is 0 Å². The van der Waals surface area contributed by atoms with Crippen LogP contribution in [-0.2, 0) is 10.1 Å². The summed E-state index contributed by atoms with van der Waals surface area (Å²) >= 11 is 0. The molecule has 0 bridgehead atoms. The van der Waals surface area contributed by atoms with Crippen LogP contribution in [0.2, 0.25) is 0 Å². The predicted octanol–water partition coefficient (Wildman–Crippen LogP) is 1.77. The molecule has 0 amide bonds. The van der Waals surface area contributed by atoms with Crippen molar-refractivity contribution in [3.63, 3.8) is 0 Å². The molecular formula is C18H37KO4S. The monoisotopic (exact) mass is 388 g/mol. The summed E-state index contributed by atoms with van der Waals surface area (Å²) in [6.45, 7) is 2.33. The minimum absolute atomic E-state index is 0. The normalized spacial score (nSPS) is 12.8. The SMILES string of the molecule is CCCCC(CCCCCCCCCCCCCO)S(=O)(=O)[O-].[K+]. The van der Waals surface area contributed by atoms with E-state index in [9.17, 15) is 13.0 Å². The van der Waals surface area contributed by atoms with Gasteiger partial charge in [0.25, 0.3) is 0 Å². The van der Waals surface area contributed by atoms with Gasteiger partial charge < -0.3 is 9.66 Å². The van der Waals surface area contributed by atoms with Gasteiger partial charge in [0.2, 0.25) is 0 Å². The van der Waals surface area contributed by atoms with E-state index in [2.05, 4.69) is 0 Å². The van der Waals surface area contributed by atoms with Crippen LogP contribution in [0.5, 0.6) is 0 Å². The summed E-state index contributed by atoms with van der Waals surface area (Å²) in [5.74, 6) is 0. The second-order valence-electron chi connectivity index (χ2n) is 6.66. The third-order valence-corrected chi connectivity index (χ3v) is 5.76. The van der Waals surface area contributed by atoms with Gasteiger partial charge in [-0.05, 0) is 19.3 Å². The van der Waals surface area contributed by atoms with E-state index in [1.807, 2.05) is 6.92 Å². The Morgan fingerprint density at radius 3 is 1.50 bits per heavy atom. The average molecular weight is 389 g/mol. The van der Waals surface area contributed by atoms with Crippen LogP contribution in [0.4, 0.5) is 0 Å². The second kappa shape index (κ2) is 19.3. The van der Waals surface area contributed by atoms with E-state index in [0.29, 0.717) is 19.4 Å². The number of hydrogen-bond acceptors (Lipinski definition) is 4. The van der Waals surface area contributed by atoms with Gasteiger partial charge in [0.05, 0.1) is 10.1 Å². The Morgan fingerprint density at radius 2 is 1.12 bits per heavy atom. The second-order valence-corrected chi connectivity index (χ2v) is 8.31. The molecule has 0 aromatic rings. The van der Waals surface area contributed by atoms with Crippen LogP contribution in [0.25, 0.3) is 0 Å². The van der Waals surface area contributed by atoms with E-state index in [4.69, 9.17) is 5.11 Å². The van der Waals surface area contributed by atoms with Crippen molar-refractivity contribution in [3.8, 4) is 0 Å². The zero-order chi connectivity index (χ0) is 17.4. The van der Waals surface area contributed by atoms with Gasteiger partial charge in [-0.2, -0.15) is 0 Å². The molecule has 0 saturated carbocycles. The number of unbranched alkanes of at least 4 members (excludes halogenated alkanes) is 11. The van der Waals surface area contributed by atoms with Crippen molar-refractivity contribution < 1.29 is 69.5 Å². The van der Waals surface area contributed by atoms with E-state index in [1.54, 1.807) is 0 Å². The zero-order valence-corrected chi connectivity index (χ0v) is 19.9. The standard InChI is InChI=1S/C18H38O4S.K/c1-2-3-15-18(23(20,21)22)16-13-11-9-7-5-4-6-8-10-12-14-17-19;/h18-19H,2-17H2,1H3,(H,20,21,22);/q;+1/p-1. The van der Waals surface area contributed by atoms with Crippen molar-refractivity contribution in [1.29, 1.82) is 0 Å². The van der Waals surface area contributed by atoms with E-state index >= 15 is 0 Å². The molecule has 0 saturated heterocycles. The van der Waals surface area contributed by atoms with Crippen molar-refractivity contribution in [1.82, 2.24) is 0 Å². The molecule has 0 aromatic carbocycles. The summed E-state index contributed by atoms with van der Waals surface area (Å²) in [6, 6.07) is 0. The first-order valence-corrected chi connectivity index (χ1v) is 11.0. The fourth-order valence-corrected chi connectivity index (χ4v) is 3.85. The summed E-state index contributed by atoms with van der Waals surface area (Å²) in [6.07, 6.45) is 15.4. The van der Waals surface area contributed by atoms with Crippen molar-refractivity contribution >= 4 is 10.1 Å². The van der Waals surface area contributed by atoms with Gasteiger partial charge in [0, 0.05) is 11.9 Å². The molecule has 140 valence electrons. The summed E-state index contributed by atoms with van der Waals surface area (Å²) in [5, 5.41) is 8.01. The van der Waals surface area contributed by atoms with Gasteiger partial charge >= 0.3 is 51.4 Å². The van der Waals surface area contributed by atoms with Gasteiger partial charge in [-0.3, -0.25) is 0 Å². The molecule has 24 heavy (non-hydrogen) atoms. The first kappa shape index (κ1) is 27.7. The third kappa shape index (κ3) is 18.3. The Kier molecular flexibility index (Phi) is 22.3. The summed E-state index contributed by atoms with van der Waals surface area (Å²) in [4.78, 5) is 0. The molecule has 0 rings (SSSR count). The topological polar surface area (TPSA) is 77.4 Å². The van der Waals surface area contributed by atoms with Crippen LogP contribution in [0, 0.1) is 0 Å². The Hall–Kier alpha value is 1.51. The van der Waals surface area contributed by atoms with Crippen molar-refractivity contribution in [2.24, 2.45) is 0 Å². The minimum atomic E-state index is -4.12. The molecule has 0 aliphatic heterocycles. The molecule has 6 heteroatoms. The Labute approximate surface area is 192 Å². The molecule has 1 N–H and O–H groups in total. The van der Waals surface area contributed by atoms with Crippen LogP contribution in [0.3, 0.4) is 0 Å². The maximum Gasteiger partial charge on any atom is 1.00 e. The third-order valence-electron chi connectivity index (χ3n) is 4.47. The average Bonchev–Trinajstić information content (AvgIpc) is 2.50. The zero-order valence-electron chi connectivity index (χ0n) is 16.0. The number of rotatable bonds is 17. The van der Waals surface area contributed by atoms with Crippen LogP contribution < -0.4 is 51.4 Å². The molecule has 0 fully saturated rings. The molecule has 0 aliphatic carbocycles. The molecule has 0 aromatic heterocycles. The summed E-state index contributed by atoms with van der Waals surface area (Å²) in [7, 11) is -4.12. The van der Waals surface area contributed by atoms with Crippen LogP contribution in [-0.4, -0.2) is 29.9 Å². The maximum absolute atomic E-state index is 11.2. The summed E-state index contributed by atoms with van der Waals surface area (Å²) in [5.41, 5.74) is 0. The van der Waals surface area contributed by atoms with Crippen molar-refractivity contribution in [2.45, 2.75) is 108 Å². The molecule has 0 heterocycles. The molecule has 1 unspecified atom stereocenters. The molecule has 0 spiro atoms. The van der Waals surface area contributed by atoms with Gasteiger partial charge in [0.15, 0.2) is 0 Å².